The molecule has 17 heavy (non-hydrogen) atoms. The molecule has 1 saturated heterocycles. The standard InChI is InChI=1S/C13H20N2O2/c1-9-7-12(10(2)15(9)3)13(16)14-8-11-5-4-6-17-11/h7,11H,4-6,8H2,1-3H3,(H,14,16). The molecule has 1 unspecified atom stereocenters. The van der Waals surface area contributed by atoms with Crippen molar-refractivity contribution in [3.8, 4) is 0 Å². The average Bonchev–Trinajstić information content (AvgIpc) is 2.91. The van der Waals surface area contributed by atoms with Crippen molar-refractivity contribution in [2.75, 3.05) is 13.2 Å². The van der Waals surface area contributed by atoms with Crippen LogP contribution >= 0.6 is 0 Å². The average molecular weight is 236 g/mol. The van der Waals surface area contributed by atoms with E-state index in [2.05, 4.69) is 5.32 Å². The molecular formula is C13H20N2O2. The molecule has 0 aromatic carbocycles. The molecule has 0 aliphatic carbocycles. The second-order valence-corrected chi connectivity index (χ2v) is 4.69. The fraction of sp³-hybridized carbons (Fsp3) is 0.615. The van der Waals surface area contributed by atoms with Crippen LogP contribution in [0.15, 0.2) is 6.07 Å². The lowest BCUT2D eigenvalue weighted by molar-refractivity contribution is 0.0857. The number of nitrogens with one attached hydrogen (secondary N) is 1. The molecule has 0 radical (unpaired) electrons. The van der Waals surface area contributed by atoms with E-state index >= 15 is 0 Å². The second-order valence-electron chi connectivity index (χ2n) is 4.69. The molecule has 1 aromatic rings. The molecule has 1 aromatic heterocycles. The third-order valence-electron chi connectivity index (χ3n) is 3.53. The fourth-order valence-corrected chi connectivity index (χ4v) is 2.19. The van der Waals surface area contributed by atoms with E-state index in [9.17, 15) is 4.79 Å². The van der Waals surface area contributed by atoms with Gasteiger partial charge in [0, 0.05) is 31.6 Å². The van der Waals surface area contributed by atoms with Gasteiger partial charge in [0.15, 0.2) is 0 Å². The van der Waals surface area contributed by atoms with E-state index in [-0.39, 0.29) is 12.0 Å². The van der Waals surface area contributed by atoms with Crippen LogP contribution in [0.4, 0.5) is 0 Å². The van der Waals surface area contributed by atoms with E-state index in [0.29, 0.717) is 6.54 Å². The zero-order valence-corrected chi connectivity index (χ0v) is 10.7. The Bertz CT molecular complexity index is 417. The Labute approximate surface area is 102 Å². The van der Waals surface area contributed by atoms with Gasteiger partial charge in [-0.05, 0) is 32.8 Å². The maximum atomic E-state index is 12.0. The van der Waals surface area contributed by atoms with Gasteiger partial charge >= 0.3 is 0 Å². The van der Waals surface area contributed by atoms with Crippen molar-refractivity contribution in [2.24, 2.45) is 7.05 Å². The molecule has 2 rings (SSSR count). The van der Waals surface area contributed by atoms with E-state index in [1.54, 1.807) is 0 Å². The van der Waals surface area contributed by atoms with Crippen LogP contribution in [0, 0.1) is 13.8 Å². The van der Waals surface area contributed by atoms with E-state index in [1.807, 2.05) is 31.5 Å². The largest absolute Gasteiger partial charge is 0.376 e. The molecule has 1 aliphatic rings. The third kappa shape index (κ3) is 2.52. The summed E-state index contributed by atoms with van der Waals surface area (Å²) >= 11 is 0. The number of rotatable bonds is 3. The van der Waals surface area contributed by atoms with Crippen LogP contribution < -0.4 is 5.32 Å². The molecule has 1 fully saturated rings. The summed E-state index contributed by atoms with van der Waals surface area (Å²) in [4.78, 5) is 12.0. The Morgan fingerprint density at radius 1 is 1.59 bits per heavy atom. The minimum absolute atomic E-state index is 0.00157. The van der Waals surface area contributed by atoms with Gasteiger partial charge in [0.05, 0.1) is 11.7 Å². The summed E-state index contributed by atoms with van der Waals surface area (Å²) in [6.45, 7) is 5.41. The topological polar surface area (TPSA) is 43.3 Å². The molecule has 1 amide bonds. The predicted molar refractivity (Wildman–Crippen MR) is 66.2 cm³/mol. The van der Waals surface area contributed by atoms with Gasteiger partial charge in [-0.2, -0.15) is 0 Å². The van der Waals surface area contributed by atoms with Crippen molar-refractivity contribution in [3.05, 3.63) is 23.0 Å². The normalized spacial score (nSPS) is 19.6. The lowest BCUT2D eigenvalue weighted by atomic mass is 10.2. The van der Waals surface area contributed by atoms with E-state index < -0.39 is 0 Å². The minimum Gasteiger partial charge on any atom is -0.376 e. The second kappa shape index (κ2) is 4.92. The quantitative estimate of drug-likeness (QED) is 0.865. The van der Waals surface area contributed by atoms with Gasteiger partial charge in [0.1, 0.15) is 0 Å². The Kier molecular flexibility index (Phi) is 3.52. The number of aromatic nitrogens is 1. The van der Waals surface area contributed by atoms with Crippen LogP contribution in [-0.4, -0.2) is 29.7 Å². The number of aryl methyl sites for hydroxylation is 1. The monoisotopic (exact) mass is 236 g/mol. The molecule has 1 atom stereocenters. The highest BCUT2D eigenvalue weighted by Crippen LogP contribution is 2.14. The van der Waals surface area contributed by atoms with Crippen molar-refractivity contribution in [2.45, 2.75) is 32.8 Å². The Balaban J connectivity index is 1.96. The maximum Gasteiger partial charge on any atom is 0.253 e. The van der Waals surface area contributed by atoms with Crippen LogP contribution in [0.1, 0.15) is 34.6 Å². The van der Waals surface area contributed by atoms with Gasteiger partial charge in [-0.15, -0.1) is 0 Å². The highest BCUT2D eigenvalue weighted by atomic mass is 16.5. The van der Waals surface area contributed by atoms with Crippen molar-refractivity contribution in [1.29, 1.82) is 0 Å². The molecule has 94 valence electrons. The summed E-state index contributed by atoms with van der Waals surface area (Å²) in [7, 11) is 1.97. The number of carbonyl (C=O) groups excluding carboxylic acids is 1. The van der Waals surface area contributed by atoms with Gasteiger partial charge in [-0.25, -0.2) is 0 Å². The first-order chi connectivity index (χ1) is 8.09. The first kappa shape index (κ1) is 12.2. The third-order valence-corrected chi connectivity index (χ3v) is 3.53. The van der Waals surface area contributed by atoms with Gasteiger partial charge < -0.3 is 14.6 Å². The SMILES string of the molecule is Cc1cc(C(=O)NCC2CCCO2)c(C)n1C. The molecule has 1 aliphatic heterocycles. The number of hydrogen-bond donors (Lipinski definition) is 1. The maximum absolute atomic E-state index is 12.0. The number of nitrogens with zero attached hydrogens (tertiary/aromatic N) is 1. The molecule has 4 heteroatoms. The van der Waals surface area contributed by atoms with Crippen LogP contribution in [0.5, 0.6) is 0 Å². The summed E-state index contributed by atoms with van der Waals surface area (Å²) < 4.78 is 7.51. The summed E-state index contributed by atoms with van der Waals surface area (Å²) in [5.74, 6) is 0.00157. The number of hydrogen-bond acceptors (Lipinski definition) is 2. The summed E-state index contributed by atoms with van der Waals surface area (Å²) in [5, 5.41) is 2.94. The van der Waals surface area contributed by atoms with Crippen LogP contribution in [0.2, 0.25) is 0 Å². The lowest BCUT2D eigenvalue weighted by Crippen LogP contribution is -2.31. The van der Waals surface area contributed by atoms with Crippen molar-refractivity contribution < 1.29 is 9.53 Å². The molecule has 0 bridgehead atoms. The first-order valence-corrected chi connectivity index (χ1v) is 6.12. The smallest absolute Gasteiger partial charge is 0.253 e. The van der Waals surface area contributed by atoms with E-state index in [0.717, 1.165) is 36.4 Å². The number of ether oxygens (including phenoxy) is 1. The van der Waals surface area contributed by atoms with Gasteiger partial charge in [0.25, 0.3) is 5.91 Å². The van der Waals surface area contributed by atoms with Crippen molar-refractivity contribution in [1.82, 2.24) is 9.88 Å². The molecule has 4 nitrogen and oxygen atoms in total. The molecule has 0 saturated carbocycles. The zero-order chi connectivity index (χ0) is 12.4. The molecular weight excluding hydrogens is 216 g/mol. The van der Waals surface area contributed by atoms with Gasteiger partial charge in [-0.3, -0.25) is 4.79 Å². The fourth-order valence-electron chi connectivity index (χ4n) is 2.19. The minimum atomic E-state index is 0.00157. The molecule has 0 spiro atoms. The van der Waals surface area contributed by atoms with Crippen LogP contribution in [-0.2, 0) is 11.8 Å². The molecule has 2 heterocycles. The zero-order valence-electron chi connectivity index (χ0n) is 10.7. The predicted octanol–water partition coefficient (Wildman–Crippen LogP) is 1.55. The first-order valence-electron chi connectivity index (χ1n) is 6.12. The Hall–Kier alpha value is -1.29. The van der Waals surface area contributed by atoms with Gasteiger partial charge in [-0.1, -0.05) is 0 Å². The van der Waals surface area contributed by atoms with Crippen LogP contribution in [0.25, 0.3) is 0 Å². The Morgan fingerprint density at radius 3 is 2.88 bits per heavy atom. The summed E-state index contributed by atoms with van der Waals surface area (Å²) in [5.41, 5.74) is 2.88. The highest BCUT2D eigenvalue weighted by molar-refractivity contribution is 5.95. The van der Waals surface area contributed by atoms with Gasteiger partial charge in [0.2, 0.25) is 0 Å². The van der Waals surface area contributed by atoms with Crippen molar-refractivity contribution in [3.63, 3.8) is 0 Å². The van der Waals surface area contributed by atoms with Crippen LogP contribution in [0.3, 0.4) is 0 Å². The number of carbonyl (C=O) groups is 1. The van der Waals surface area contributed by atoms with Crippen molar-refractivity contribution >= 4 is 5.91 Å². The summed E-state index contributed by atoms with van der Waals surface area (Å²) in [6, 6.07) is 1.93. The highest BCUT2D eigenvalue weighted by Gasteiger charge is 2.18. The van der Waals surface area contributed by atoms with E-state index in [1.165, 1.54) is 0 Å². The lowest BCUT2D eigenvalue weighted by Gasteiger charge is -2.10. The number of amides is 1. The molecule has 1 N–H and O–H groups in total. The Morgan fingerprint density at radius 2 is 2.35 bits per heavy atom. The van der Waals surface area contributed by atoms with E-state index in [4.69, 9.17) is 4.74 Å². The summed E-state index contributed by atoms with van der Waals surface area (Å²) in [6.07, 6.45) is 2.35.